The fourth-order valence-corrected chi connectivity index (χ4v) is 1.29. The van der Waals surface area contributed by atoms with Gasteiger partial charge in [-0.25, -0.2) is 4.79 Å². The van der Waals surface area contributed by atoms with Crippen LogP contribution in [0.2, 0.25) is 0 Å². The van der Waals surface area contributed by atoms with E-state index in [0.717, 1.165) is 0 Å². The molecule has 94 valence electrons. The minimum Gasteiger partial charge on any atom is -0.469 e. The molecule has 0 heterocycles. The van der Waals surface area contributed by atoms with Gasteiger partial charge in [-0.05, 0) is 20.8 Å². The van der Waals surface area contributed by atoms with Crippen molar-refractivity contribution in [3.05, 3.63) is 0 Å². The van der Waals surface area contributed by atoms with Crippen LogP contribution in [-0.2, 0) is 14.3 Å². The van der Waals surface area contributed by atoms with Gasteiger partial charge in [0.25, 0.3) is 0 Å². The van der Waals surface area contributed by atoms with E-state index < -0.39 is 11.7 Å². The van der Waals surface area contributed by atoms with Crippen LogP contribution in [0.5, 0.6) is 0 Å². The Bertz CT molecular complexity index is 250. The lowest BCUT2D eigenvalue weighted by molar-refractivity contribution is -0.141. The van der Waals surface area contributed by atoms with Crippen LogP contribution in [0.25, 0.3) is 0 Å². The molecule has 0 saturated carbocycles. The SMILES string of the molecule is COC(=O)C[C@H](CBr)NC(=O)OC(C)(C)C. The average Bonchev–Trinajstić information content (AvgIpc) is 2.13. The van der Waals surface area contributed by atoms with E-state index in [0.29, 0.717) is 5.33 Å². The van der Waals surface area contributed by atoms with Gasteiger partial charge in [0.2, 0.25) is 0 Å². The Morgan fingerprint density at radius 1 is 1.38 bits per heavy atom. The monoisotopic (exact) mass is 295 g/mol. The molecule has 0 spiro atoms. The number of halogens is 1. The normalized spacial score (nSPS) is 12.8. The molecule has 5 nitrogen and oxygen atoms in total. The van der Waals surface area contributed by atoms with Crippen LogP contribution in [-0.4, -0.2) is 36.1 Å². The predicted molar refractivity (Wildman–Crippen MR) is 63.6 cm³/mol. The highest BCUT2D eigenvalue weighted by Crippen LogP contribution is 2.08. The molecular formula is C10H18BrNO4. The maximum absolute atomic E-state index is 11.4. The molecule has 0 saturated heterocycles. The average molecular weight is 296 g/mol. The summed E-state index contributed by atoms with van der Waals surface area (Å²) in [7, 11) is 1.31. The second kappa shape index (κ2) is 6.73. The van der Waals surface area contributed by atoms with Crippen LogP contribution < -0.4 is 5.32 Å². The minimum atomic E-state index is -0.549. The van der Waals surface area contributed by atoms with E-state index in [9.17, 15) is 9.59 Å². The number of amides is 1. The number of methoxy groups -OCH3 is 1. The number of hydrogen-bond donors (Lipinski definition) is 1. The summed E-state index contributed by atoms with van der Waals surface area (Å²) < 4.78 is 9.58. The molecule has 1 N–H and O–H groups in total. The lowest BCUT2D eigenvalue weighted by Gasteiger charge is -2.22. The van der Waals surface area contributed by atoms with Gasteiger partial charge in [-0.2, -0.15) is 0 Å². The zero-order chi connectivity index (χ0) is 12.8. The number of ether oxygens (including phenoxy) is 2. The molecule has 0 aromatic rings. The summed E-state index contributed by atoms with van der Waals surface area (Å²) in [4.78, 5) is 22.4. The first-order chi connectivity index (χ1) is 7.28. The van der Waals surface area contributed by atoms with Gasteiger partial charge in [-0.15, -0.1) is 0 Å². The Morgan fingerprint density at radius 3 is 2.31 bits per heavy atom. The number of carbonyl (C=O) groups excluding carboxylic acids is 2. The van der Waals surface area contributed by atoms with Crippen molar-refractivity contribution in [2.75, 3.05) is 12.4 Å². The van der Waals surface area contributed by atoms with Gasteiger partial charge in [0, 0.05) is 5.33 Å². The Kier molecular flexibility index (Phi) is 6.40. The number of hydrogen-bond acceptors (Lipinski definition) is 4. The van der Waals surface area contributed by atoms with Crippen LogP contribution in [0.15, 0.2) is 0 Å². The third-order valence-electron chi connectivity index (χ3n) is 1.55. The summed E-state index contributed by atoms with van der Waals surface area (Å²) in [6.07, 6.45) is -0.429. The molecule has 1 atom stereocenters. The molecule has 0 radical (unpaired) electrons. The molecule has 0 aromatic carbocycles. The molecule has 0 aliphatic carbocycles. The fourth-order valence-electron chi connectivity index (χ4n) is 0.903. The minimum absolute atomic E-state index is 0.112. The number of alkyl carbamates (subject to hydrolysis) is 1. The summed E-state index contributed by atoms with van der Waals surface area (Å²) in [6.45, 7) is 5.32. The van der Waals surface area contributed by atoms with E-state index in [4.69, 9.17) is 4.74 Å². The van der Waals surface area contributed by atoms with Gasteiger partial charge in [-0.1, -0.05) is 15.9 Å². The number of alkyl halides is 1. The Hall–Kier alpha value is -0.780. The fraction of sp³-hybridized carbons (Fsp3) is 0.800. The Labute approximate surface area is 104 Å². The van der Waals surface area contributed by atoms with Crippen molar-refractivity contribution < 1.29 is 19.1 Å². The van der Waals surface area contributed by atoms with Gasteiger partial charge in [0.1, 0.15) is 5.60 Å². The van der Waals surface area contributed by atoms with Gasteiger partial charge in [0.05, 0.1) is 19.6 Å². The van der Waals surface area contributed by atoms with Crippen LogP contribution in [0.4, 0.5) is 4.79 Å². The predicted octanol–water partition coefficient (Wildman–Crippen LogP) is 1.84. The van der Waals surface area contributed by atoms with Crippen molar-refractivity contribution >= 4 is 28.0 Å². The van der Waals surface area contributed by atoms with Crippen molar-refractivity contribution in [3.63, 3.8) is 0 Å². The largest absolute Gasteiger partial charge is 0.469 e. The Morgan fingerprint density at radius 2 is 1.94 bits per heavy atom. The van der Waals surface area contributed by atoms with E-state index in [1.54, 1.807) is 20.8 Å². The van der Waals surface area contributed by atoms with Crippen LogP contribution in [0, 0.1) is 0 Å². The number of esters is 1. The standard InChI is InChI=1S/C10H18BrNO4/c1-10(2,3)16-9(14)12-7(6-11)5-8(13)15-4/h7H,5-6H2,1-4H3,(H,12,14)/t7-/m1/s1. The maximum Gasteiger partial charge on any atom is 0.407 e. The first-order valence-corrected chi connectivity index (χ1v) is 6.03. The van der Waals surface area contributed by atoms with E-state index in [-0.39, 0.29) is 18.4 Å². The summed E-state index contributed by atoms with van der Waals surface area (Å²) >= 11 is 3.20. The van der Waals surface area contributed by atoms with E-state index in [1.807, 2.05) is 0 Å². The maximum atomic E-state index is 11.4. The first-order valence-electron chi connectivity index (χ1n) is 4.90. The highest BCUT2D eigenvalue weighted by atomic mass is 79.9. The lowest BCUT2D eigenvalue weighted by Crippen LogP contribution is -2.41. The molecule has 0 fully saturated rings. The van der Waals surface area contributed by atoms with E-state index in [2.05, 4.69) is 26.0 Å². The molecule has 0 aromatic heterocycles. The van der Waals surface area contributed by atoms with Crippen LogP contribution in [0.3, 0.4) is 0 Å². The summed E-state index contributed by atoms with van der Waals surface area (Å²) in [6, 6.07) is -0.331. The van der Waals surface area contributed by atoms with Gasteiger partial charge >= 0.3 is 12.1 Å². The molecule has 1 amide bonds. The summed E-state index contributed by atoms with van der Waals surface area (Å²) in [5.41, 5.74) is -0.549. The molecule has 0 bridgehead atoms. The van der Waals surface area contributed by atoms with E-state index in [1.165, 1.54) is 7.11 Å². The second-order valence-electron chi connectivity index (χ2n) is 4.28. The second-order valence-corrected chi connectivity index (χ2v) is 4.93. The zero-order valence-electron chi connectivity index (χ0n) is 10.0. The lowest BCUT2D eigenvalue weighted by atomic mass is 10.2. The van der Waals surface area contributed by atoms with Crippen molar-refractivity contribution in [3.8, 4) is 0 Å². The van der Waals surface area contributed by atoms with Gasteiger partial charge < -0.3 is 14.8 Å². The van der Waals surface area contributed by atoms with Crippen molar-refractivity contribution in [2.45, 2.75) is 38.8 Å². The van der Waals surface area contributed by atoms with Crippen molar-refractivity contribution in [2.24, 2.45) is 0 Å². The molecule has 16 heavy (non-hydrogen) atoms. The third kappa shape index (κ3) is 7.50. The first kappa shape index (κ1) is 15.2. The molecule has 0 rings (SSSR count). The summed E-state index contributed by atoms with van der Waals surface area (Å²) in [5, 5.41) is 3.04. The number of nitrogens with one attached hydrogen (secondary N) is 1. The Balaban J connectivity index is 4.12. The topological polar surface area (TPSA) is 64.6 Å². The highest BCUT2D eigenvalue weighted by molar-refractivity contribution is 9.09. The van der Waals surface area contributed by atoms with Crippen molar-refractivity contribution in [1.82, 2.24) is 5.32 Å². The smallest absolute Gasteiger partial charge is 0.407 e. The molecular weight excluding hydrogens is 278 g/mol. The highest BCUT2D eigenvalue weighted by Gasteiger charge is 2.20. The molecule has 0 unspecified atom stereocenters. The molecule has 0 aliphatic rings. The summed E-state index contributed by atoms with van der Waals surface area (Å²) in [5.74, 6) is -0.375. The van der Waals surface area contributed by atoms with E-state index >= 15 is 0 Å². The quantitative estimate of drug-likeness (QED) is 0.635. The number of rotatable bonds is 4. The van der Waals surface area contributed by atoms with Crippen LogP contribution >= 0.6 is 15.9 Å². The van der Waals surface area contributed by atoms with Gasteiger partial charge in [-0.3, -0.25) is 4.79 Å². The van der Waals surface area contributed by atoms with Crippen LogP contribution in [0.1, 0.15) is 27.2 Å². The zero-order valence-corrected chi connectivity index (χ0v) is 11.6. The van der Waals surface area contributed by atoms with Gasteiger partial charge in [0.15, 0.2) is 0 Å². The third-order valence-corrected chi connectivity index (χ3v) is 2.33. The molecule has 6 heteroatoms. The molecule has 0 aliphatic heterocycles. The number of carbonyl (C=O) groups is 2. The van der Waals surface area contributed by atoms with Crippen molar-refractivity contribution in [1.29, 1.82) is 0 Å².